The predicted molar refractivity (Wildman–Crippen MR) is 68.1 cm³/mol. The smallest absolute Gasteiger partial charge is 0.433 e. The second-order valence-electron chi connectivity index (χ2n) is 4.99. The van der Waals surface area contributed by atoms with E-state index in [1.54, 1.807) is 0 Å². The minimum absolute atomic E-state index is 0.0232. The Kier molecular flexibility index (Phi) is 4.12. The van der Waals surface area contributed by atoms with E-state index in [1.807, 2.05) is 0 Å². The zero-order valence-corrected chi connectivity index (χ0v) is 11.6. The highest BCUT2D eigenvalue weighted by molar-refractivity contribution is 5.65. The van der Waals surface area contributed by atoms with Crippen LogP contribution in [0.25, 0.3) is 0 Å². The van der Waals surface area contributed by atoms with Crippen molar-refractivity contribution in [1.29, 1.82) is 0 Å². The van der Waals surface area contributed by atoms with Crippen LogP contribution < -0.4 is 4.90 Å². The van der Waals surface area contributed by atoms with Crippen LogP contribution in [0.3, 0.4) is 0 Å². The molecule has 1 saturated heterocycles. The second-order valence-corrected chi connectivity index (χ2v) is 4.99. The maximum absolute atomic E-state index is 14.5. The summed E-state index contributed by atoms with van der Waals surface area (Å²) in [4.78, 5) is 20.0. The van der Waals surface area contributed by atoms with Crippen LogP contribution in [0.15, 0.2) is 12.3 Å². The number of piperidine rings is 1. The molecule has 0 unspecified atom stereocenters. The summed E-state index contributed by atoms with van der Waals surface area (Å²) in [5.74, 6) is -2.18. The van der Waals surface area contributed by atoms with Crippen molar-refractivity contribution in [2.24, 2.45) is 0 Å². The molecule has 2 heterocycles. The van der Waals surface area contributed by atoms with Gasteiger partial charge in [0.2, 0.25) is 5.95 Å². The summed E-state index contributed by atoms with van der Waals surface area (Å²) >= 11 is 0. The molecule has 1 aliphatic rings. The number of alkyl halides is 4. The Labute approximate surface area is 123 Å². The Morgan fingerprint density at radius 2 is 2.00 bits per heavy atom. The molecular formula is C12H14F4N4O2. The molecule has 0 spiro atoms. The molecule has 0 bridgehead atoms. The molecule has 0 atom stereocenters. The van der Waals surface area contributed by atoms with E-state index in [9.17, 15) is 22.4 Å². The number of carbonyl (C=O) groups is 1. The van der Waals surface area contributed by atoms with Gasteiger partial charge in [-0.3, -0.25) is 4.90 Å². The van der Waals surface area contributed by atoms with Gasteiger partial charge in [0.1, 0.15) is 5.69 Å². The number of rotatable bonds is 2. The van der Waals surface area contributed by atoms with Crippen LogP contribution in [-0.2, 0) is 6.18 Å². The SMILES string of the molecule is CN(C(=O)O)C1(F)CCN(c2nccc(C(F)(F)F)n2)CC1. The Hall–Kier alpha value is -2.13. The standard InChI is InChI=1S/C12H14F4N4O2/c1-19(10(21)22)11(13)3-6-20(7-4-11)9-17-5-2-8(18-9)12(14,15)16/h2,5H,3-4,6-7H2,1H3,(H,21,22). The fraction of sp³-hybridized carbons (Fsp3) is 0.583. The van der Waals surface area contributed by atoms with Crippen molar-refractivity contribution in [3.05, 3.63) is 18.0 Å². The molecule has 22 heavy (non-hydrogen) atoms. The third-order valence-corrected chi connectivity index (χ3v) is 3.63. The molecule has 10 heteroatoms. The first kappa shape index (κ1) is 16.2. The van der Waals surface area contributed by atoms with Gasteiger partial charge in [-0.1, -0.05) is 0 Å². The number of hydrogen-bond donors (Lipinski definition) is 1. The molecule has 0 aromatic carbocycles. The normalized spacial score (nSPS) is 18.1. The van der Waals surface area contributed by atoms with E-state index in [1.165, 1.54) is 4.90 Å². The first-order chi connectivity index (χ1) is 10.1. The molecule has 1 aromatic heterocycles. The van der Waals surface area contributed by atoms with Crippen molar-refractivity contribution < 1.29 is 27.5 Å². The average molecular weight is 322 g/mol. The Bertz CT molecular complexity index is 558. The van der Waals surface area contributed by atoms with Gasteiger partial charge < -0.3 is 10.0 Å². The van der Waals surface area contributed by atoms with Gasteiger partial charge in [0.05, 0.1) is 0 Å². The summed E-state index contributed by atoms with van der Waals surface area (Å²) in [6, 6.07) is 0.755. The van der Waals surface area contributed by atoms with Crippen LogP contribution >= 0.6 is 0 Å². The van der Waals surface area contributed by atoms with E-state index < -0.39 is 23.8 Å². The van der Waals surface area contributed by atoms with Gasteiger partial charge in [0, 0.05) is 39.2 Å². The van der Waals surface area contributed by atoms with Gasteiger partial charge in [0.25, 0.3) is 0 Å². The van der Waals surface area contributed by atoms with Crippen LogP contribution in [0, 0.1) is 0 Å². The molecule has 6 nitrogen and oxygen atoms in total. The van der Waals surface area contributed by atoms with Gasteiger partial charge in [0.15, 0.2) is 5.79 Å². The number of aromatic nitrogens is 2. The molecule has 122 valence electrons. The summed E-state index contributed by atoms with van der Waals surface area (Å²) in [6.07, 6.45) is -5.33. The zero-order valence-electron chi connectivity index (χ0n) is 11.6. The van der Waals surface area contributed by atoms with Crippen molar-refractivity contribution >= 4 is 12.0 Å². The molecule has 1 aromatic rings. The van der Waals surface area contributed by atoms with Crippen molar-refractivity contribution in [1.82, 2.24) is 14.9 Å². The highest BCUT2D eigenvalue weighted by Crippen LogP contribution is 2.32. The minimum Gasteiger partial charge on any atom is -0.465 e. The minimum atomic E-state index is -4.58. The van der Waals surface area contributed by atoms with E-state index >= 15 is 0 Å². The summed E-state index contributed by atoms with van der Waals surface area (Å²) < 4.78 is 52.3. The molecule has 1 aliphatic heterocycles. The summed E-state index contributed by atoms with van der Waals surface area (Å²) in [6.45, 7) is 0.0465. The van der Waals surface area contributed by atoms with Crippen LogP contribution in [0.1, 0.15) is 18.5 Å². The maximum Gasteiger partial charge on any atom is 0.433 e. The van der Waals surface area contributed by atoms with Gasteiger partial charge in [-0.05, 0) is 6.07 Å². The lowest BCUT2D eigenvalue weighted by Gasteiger charge is -2.40. The number of anilines is 1. The lowest BCUT2D eigenvalue weighted by Crippen LogP contribution is -2.53. The maximum atomic E-state index is 14.5. The van der Waals surface area contributed by atoms with Gasteiger partial charge >= 0.3 is 12.3 Å². The van der Waals surface area contributed by atoms with Crippen LogP contribution in [0.4, 0.5) is 28.3 Å². The lowest BCUT2D eigenvalue weighted by atomic mass is 10.0. The highest BCUT2D eigenvalue weighted by Gasteiger charge is 2.41. The monoisotopic (exact) mass is 322 g/mol. The Morgan fingerprint density at radius 3 is 2.50 bits per heavy atom. The van der Waals surface area contributed by atoms with E-state index in [0.717, 1.165) is 19.3 Å². The molecule has 0 saturated carbocycles. The second kappa shape index (κ2) is 5.58. The zero-order chi connectivity index (χ0) is 16.5. The molecular weight excluding hydrogens is 308 g/mol. The van der Waals surface area contributed by atoms with Crippen molar-refractivity contribution in [2.75, 3.05) is 25.0 Å². The molecule has 1 amide bonds. The van der Waals surface area contributed by atoms with E-state index in [2.05, 4.69) is 9.97 Å². The summed E-state index contributed by atoms with van der Waals surface area (Å²) in [5, 5.41) is 8.83. The van der Waals surface area contributed by atoms with Crippen molar-refractivity contribution in [3.63, 3.8) is 0 Å². The number of hydrogen-bond acceptors (Lipinski definition) is 4. The average Bonchev–Trinajstić information content (AvgIpc) is 2.46. The van der Waals surface area contributed by atoms with E-state index in [4.69, 9.17) is 5.11 Å². The third kappa shape index (κ3) is 3.20. The first-order valence-electron chi connectivity index (χ1n) is 6.44. The largest absolute Gasteiger partial charge is 0.465 e. The van der Waals surface area contributed by atoms with Gasteiger partial charge in [-0.2, -0.15) is 13.2 Å². The molecule has 2 rings (SSSR count). The Balaban J connectivity index is 2.11. The molecule has 0 radical (unpaired) electrons. The predicted octanol–water partition coefficient (Wildman–Crippen LogP) is 2.37. The molecule has 1 N–H and O–H groups in total. The van der Waals surface area contributed by atoms with E-state index in [-0.39, 0.29) is 31.9 Å². The quantitative estimate of drug-likeness (QED) is 0.669. The van der Waals surface area contributed by atoms with Crippen molar-refractivity contribution in [3.8, 4) is 0 Å². The number of amides is 1. The van der Waals surface area contributed by atoms with Crippen molar-refractivity contribution in [2.45, 2.75) is 24.8 Å². The molecule has 1 fully saturated rings. The number of carboxylic acid groups (broad SMARTS) is 1. The third-order valence-electron chi connectivity index (χ3n) is 3.63. The topological polar surface area (TPSA) is 69.6 Å². The highest BCUT2D eigenvalue weighted by atomic mass is 19.4. The lowest BCUT2D eigenvalue weighted by molar-refractivity contribution is -0.141. The Morgan fingerprint density at radius 1 is 1.41 bits per heavy atom. The summed E-state index contributed by atoms with van der Waals surface area (Å²) in [7, 11) is 1.12. The number of halogens is 4. The van der Waals surface area contributed by atoms with E-state index in [0.29, 0.717) is 4.90 Å². The van der Waals surface area contributed by atoms with Gasteiger partial charge in [-0.25, -0.2) is 19.2 Å². The fourth-order valence-electron chi connectivity index (χ4n) is 2.21. The van der Waals surface area contributed by atoms with Crippen LogP contribution in [0.5, 0.6) is 0 Å². The fourth-order valence-corrected chi connectivity index (χ4v) is 2.21. The molecule has 0 aliphatic carbocycles. The first-order valence-corrected chi connectivity index (χ1v) is 6.44. The van der Waals surface area contributed by atoms with Crippen LogP contribution in [-0.4, -0.2) is 52.0 Å². The van der Waals surface area contributed by atoms with Gasteiger partial charge in [-0.15, -0.1) is 0 Å². The number of nitrogens with zero attached hydrogens (tertiary/aromatic N) is 4. The van der Waals surface area contributed by atoms with Crippen LogP contribution in [0.2, 0.25) is 0 Å². The summed E-state index contributed by atoms with van der Waals surface area (Å²) in [5.41, 5.74) is -1.07.